The molecule has 0 aliphatic rings. The zero-order chi connectivity index (χ0) is 13.1. The average Bonchev–Trinajstić information content (AvgIpc) is 2.20. The fourth-order valence-corrected chi connectivity index (χ4v) is 2.10. The third kappa shape index (κ3) is 4.88. The van der Waals surface area contributed by atoms with Gasteiger partial charge in [-0.15, -0.1) is 0 Å². The van der Waals surface area contributed by atoms with Gasteiger partial charge in [0.25, 0.3) is 0 Å². The first-order valence-corrected chi connectivity index (χ1v) is 7.84. The van der Waals surface area contributed by atoms with Crippen LogP contribution in [0.25, 0.3) is 0 Å². The molecule has 0 amide bonds. The summed E-state index contributed by atoms with van der Waals surface area (Å²) in [6.45, 7) is 6.71. The number of sulfone groups is 1. The second kappa shape index (κ2) is 5.65. The number of hydrogen-bond acceptors (Lipinski definition) is 3. The number of hydrogen-bond donors (Lipinski definition) is 1. The lowest BCUT2D eigenvalue weighted by atomic mass is 10.0. The molecule has 1 N–H and O–H groups in total. The van der Waals surface area contributed by atoms with Crippen LogP contribution in [0.3, 0.4) is 0 Å². The van der Waals surface area contributed by atoms with Gasteiger partial charge >= 0.3 is 0 Å². The lowest BCUT2D eigenvalue weighted by Crippen LogP contribution is -2.25. The van der Waals surface area contributed by atoms with E-state index in [1.54, 1.807) is 0 Å². The standard InChI is InChI=1S/C13H21NO2S/c1-10-5-6-13(9-11(10)2)12(3)14-7-8-17(4,15)16/h5-6,9,12,14H,7-8H2,1-4H3. The van der Waals surface area contributed by atoms with E-state index in [4.69, 9.17) is 0 Å². The summed E-state index contributed by atoms with van der Waals surface area (Å²) in [6.07, 6.45) is 1.26. The number of nitrogens with one attached hydrogen (secondary N) is 1. The minimum Gasteiger partial charge on any atom is -0.309 e. The van der Waals surface area contributed by atoms with Gasteiger partial charge in [0.1, 0.15) is 9.84 Å². The predicted molar refractivity (Wildman–Crippen MR) is 72.0 cm³/mol. The molecule has 1 aromatic rings. The molecule has 0 aliphatic heterocycles. The van der Waals surface area contributed by atoms with E-state index in [-0.39, 0.29) is 11.8 Å². The largest absolute Gasteiger partial charge is 0.309 e. The van der Waals surface area contributed by atoms with Crippen LogP contribution >= 0.6 is 0 Å². The molecular weight excluding hydrogens is 234 g/mol. The van der Waals surface area contributed by atoms with Crippen molar-refractivity contribution in [2.75, 3.05) is 18.6 Å². The Kier molecular flexibility index (Phi) is 4.71. The number of aryl methyl sites for hydroxylation is 2. The van der Waals surface area contributed by atoms with Crippen molar-refractivity contribution in [2.24, 2.45) is 0 Å². The Morgan fingerprint density at radius 1 is 1.24 bits per heavy atom. The van der Waals surface area contributed by atoms with E-state index < -0.39 is 9.84 Å². The van der Waals surface area contributed by atoms with E-state index >= 15 is 0 Å². The minimum atomic E-state index is -2.88. The lowest BCUT2D eigenvalue weighted by molar-refractivity contribution is 0.575. The van der Waals surface area contributed by atoms with Crippen molar-refractivity contribution in [1.29, 1.82) is 0 Å². The predicted octanol–water partition coefficient (Wildman–Crippen LogP) is 2.00. The van der Waals surface area contributed by atoms with Crippen molar-refractivity contribution >= 4 is 9.84 Å². The van der Waals surface area contributed by atoms with Crippen LogP contribution in [0.4, 0.5) is 0 Å². The molecule has 3 nitrogen and oxygen atoms in total. The van der Waals surface area contributed by atoms with E-state index in [1.165, 1.54) is 22.9 Å². The van der Waals surface area contributed by atoms with E-state index in [0.717, 1.165) is 0 Å². The van der Waals surface area contributed by atoms with Crippen molar-refractivity contribution in [2.45, 2.75) is 26.8 Å². The highest BCUT2D eigenvalue weighted by atomic mass is 32.2. The smallest absolute Gasteiger partial charge is 0.148 e. The summed E-state index contributed by atoms with van der Waals surface area (Å²) in [5, 5.41) is 3.22. The van der Waals surface area contributed by atoms with E-state index in [1.807, 2.05) is 6.92 Å². The van der Waals surface area contributed by atoms with Crippen LogP contribution in [0.1, 0.15) is 29.7 Å². The van der Waals surface area contributed by atoms with E-state index in [2.05, 4.69) is 37.4 Å². The van der Waals surface area contributed by atoms with E-state index in [9.17, 15) is 8.42 Å². The Hall–Kier alpha value is -0.870. The summed E-state index contributed by atoms with van der Waals surface area (Å²) >= 11 is 0. The van der Waals surface area contributed by atoms with Crippen LogP contribution in [0.2, 0.25) is 0 Å². The Morgan fingerprint density at radius 2 is 1.88 bits per heavy atom. The van der Waals surface area contributed by atoms with Gasteiger partial charge in [-0.2, -0.15) is 0 Å². The Labute approximate surface area is 104 Å². The van der Waals surface area contributed by atoms with Crippen LogP contribution in [0.5, 0.6) is 0 Å². The van der Waals surface area contributed by atoms with Crippen LogP contribution in [0, 0.1) is 13.8 Å². The molecular formula is C13H21NO2S. The molecule has 0 bridgehead atoms. The van der Waals surface area contributed by atoms with Gasteiger partial charge in [-0.1, -0.05) is 18.2 Å². The van der Waals surface area contributed by atoms with Gasteiger partial charge in [-0.25, -0.2) is 8.42 Å². The fourth-order valence-electron chi connectivity index (χ4n) is 1.61. The molecule has 1 atom stereocenters. The summed E-state index contributed by atoms with van der Waals surface area (Å²) in [5.74, 6) is 0.183. The summed E-state index contributed by atoms with van der Waals surface area (Å²) in [5.41, 5.74) is 3.73. The zero-order valence-corrected chi connectivity index (χ0v) is 11.8. The average molecular weight is 255 g/mol. The Bertz CT molecular complexity index is 480. The molecule has 0 fully saturated rings. The van der Waals surface area contributed by atoms with Crippen LogP contribution in [-0.2, 0) is 9.84 Å². The van der Waals surface area contributed by atoms with Crippen molar-refractivity contribution < 1.29 is 8.42 Å². The van der Waals surface area contributed by atoms with Gasteiger partial charge in [0.05, 0.1) is 5.75 Å². The van der Waals surface area contributed by atoms with Gasteiger partial charge in [0.2, 0.25) is 0 Å². The minimum absolute atomic E-state index is 0.177. The maximum atomic E-state index is 11.0. The molecule has 0 aromatic heterocycles. The van der Waals surface area contributed by atoms with Crippen LogP contribution in [-0.4, -0.2) is 27.0 Å². The highest BCUT2D eigenvalue weighted by Crippen LogP contribution is 2.16. The normalized spacial score (nSPS) is 13.6. The van der Waals surface area contributed by atoms with E-state index in [0.29, 0.717) is 6.54 Å². The first-order chi connectivity index (χ1) is 7.79. The molecule has 96 valence electrons. The summed E-state index contributed by atoms with van der Waals surface area (Å²) in [4.78, 5) is 0. The second-order valence-corrected chi connectivity index (χ2v) is 6.91. The molecule has 0 saturated carbocycles. The number of rotatable bonds is 5. The molecule has 1 rings (SSSR count). The highest BCUT2D eigenvalue weighted by Gasteiger charge is 2.07. The summed E-state index contributed by atoms with van der Waals surface area (Å²) < 4.78 is 22.0. The summed E-state index contributed by atoms with van der Waals surface area (Å²) in [7, 11) is -2.88. The topological polar surface area (TPSA) is 46.2 Å². The fraction of sp³-hybridized carbons (Fsp3) is 0.538. The van der Waals surface area contributed by atoms with Gasteiger partial charge in [0, 0.05) is 18.8 Å². The Balaban J connectivity index is 2.58. The molecule has 1 unspecified atom stereocenters. The third-order valence-electron chi connectivity index (χ3n) is 2.95. The maximum Gasteiger partial charge on any atom is 0.148 e. The van der Waals surface area contributed by atoms with Crippen molar-refractivity contribution in [1.82, 2.24) is 5.32 Å². The van der Waals surface area contributed by atoms with Crippen molar-refractivity contribution in [3.63, 3.8) is 0 Å². The van der Waals surface area contributed by atoms with Crippen molar-refractivity contribution in [3.05, 3.63) is 34.9 Å². The molecule has 0 saturated heterocycles. The lowest BCUT2D eigenvalue weighted by Gasteiger charge is -2.15. The van der Waals surface area contributed by atoms with Gasteiger partial charge in [-0.05, 0) is 37.5 Å². The SMILES string of the molecule is Cc1ccc(C(C)NCCS(C)(=O)=O)cc1C. The quantitative estimate of drug-likeness (QED) is 0.875. The van der Waals surface area contributed by atoms with Gasteiger partial charge in [0.15, 0.2) is 0 Å². The highest BCUT2D eigenvalue weighted by molar-refractivity contribution is 7.90. The summed E-state index contributed by atoms with van der Waals surface area (Å²) in [6, 6.07) is 6.50. The van der Waals surface area contributed by atoms with Crippen LogP contribution in [0.15, 0.2) is 18.2 Å². The zero-order valence-electron chi connectivity index (χ0n) is 10.9. The van der Waals surface area contributed by atoms with Gasteiger partial charge in [-0.3, -0.25) is 0 Å². The molecule has 4 heteroatoms. The number of benzene rings is 1. The third-order valence-corrected chi connectivity index (χ3v) is 3.90. The maximum absolute atomic E-state index is 11.0. The van der Waals surface area contributed by atoms with Gasteiger partial charge < -0.3 is 5.32 Å². The first-order valence-electron chi connectivity index (χ1n) is 5.78. The van der Waals surface area contributed by atoms with Crippen LogP contribution < -0.4 is 5.32 Å². The molecule has 0 aliphatic carbocycles. The second-order valence-electron chi connectivity index (χ2n) is 4.65. The van der Waals surface area contributed by atoms with Crippen molar-refractivity contribution in [3.8, 4) is 0 Å². The molecule has 1 aromatic carbocycles. The molecule has 0 heterocycles. The first kappa shape index (κ1) is 14.2. The monoisotopic (exact) mass is 255 g/mol. The molecule has 0 radical (unpaired) electrons. The Morgan fingerprint density at radius 3 is 2.41 bits per heavy atom. The molecule has 0 spiro atoms. The molecule has 17 heavy (non-hydrogen) atoms.